The zero-order valence-corrected chi connectivity index (χ0v) is 8.08. The molecule has 0 radical (unpaired) electrons. The molecule has 0 heterocycles. The van der Waals surface area contributed by atoms with Crippen LogP contribution in [0.15, 0.2) is 0 Å². The lowest BCUT2D eigenvalue weighted by Crippen LogP contribution is -2.34. The van der Waals surface area contributed by atoms with Crippen molar-refractivity contribution < 1.29 is 10.2 Å². The Morgan fingerprint density at radius 2 is 1.92 bits per heavy atom. The Bertz CT molecular complexity index is 96.5. The van der Waals surface area contributed by atoms with E-state index in [0.29, 0.717) is 5.92 Å². The molecule has 0 aromatic rings. The minimum atomic E-state index is 0.184. The van der Waals surface area contributed by atoms with Gasteiger partial charge in [0.1, 0.15) is 0 Å². The van der Waals surface area contributed by atoms with E-state index in [1.165, 1.54) is 0 Å². The van der Waals surface area contributed by atoms with Gasteiger partial charge in [-0.1, -0.05) is 13.8 Å². The standard InChI is InChI=1S/C9H21NO2/c1-8(2)6-9(7-12)10-4-3-5-11/h8-12H,3-7H2,1-2H3. The van der Waals surface area contributed by atoms with Gasteiger partial charge < -0.3 is 15.5 Å². The van der Waals surface area contributed by atoms with Gasteiger partial charge in [0.15, 0.2) is 0 Å². The Balaban J connectivity index is 3.39. The van der Waals surface area contributed by atoms with Crippen LogP contribution in [0.5, 0.6) is 0 Å². The van der Waals surface area contributed by atoms with E-state index in [0.717, 1.165) is 19.4 Å². The van der Waals surface area contributed by atoms with Crippen molar-refractivity contribution in [2.45, 2.75) is 32.7 Å². The molecule has 74 valence electrons. The second-order valence-corrected chi connectivity index (χ2v) is 3.54. The fourth-order valence-electron chi connectivity index (χ4n) is 1.18. The third-order valence-electron chi connectivity index (χ3n) is 1.74. The van der Waals surface area contributed by atoms with Crippen molar-refractivity contribution in [3.63, 3.8) is 0 Å². The van der Waals surface area contributed by atoms with Gasteiger partial charge in [0.2, 0.25) is 0 Å². The normalized spacial score (nSPS) is 13.8. The largest absolute Gasteiger partial charge is 0.396 e. The van der Waals surface area contributed by atoms with Crippen molar-refractivity contribution in [2.24, 2.45) is 5.92 Å². The first-order valence-corrected chi connectivity index (χ1v) is 4.65. The Morgan fingerprint density at radius 1 is 1.25 bits per heavy atom. The maximum absolute atomic E-state index is 8.95. The lowest BCUT2D eigenvalue weighted by Gasteiger charge is -2.17. The van der Waals surface area contributed by atoms with Gasteiger partial charge in [-0.15, -0.1) is 0 Å². The second-order valence-electron chi connectivity index (χ2n) is 3.54. The van der Waals surface area contributed by atoms with E-state index in [1.807, 2.05) is 0 Å². The van der Waals surface area contributed by atoms with Crippen molar-refractivity contribution >= 4 is 0 Å². The first kappa shape index (κ1) is 11.9. The molecule has 0 rings (SSSR count). The predicted octanol–water partition coefficient (Wildman–Crippen LogP) is 0.365. The minimum Gasteiger partial charge on any atom is -0.396 e. The molecule has 3 heteroatoms. The Kier molecular flexibility index (Phi) is 7.45. The second kappa shape index (κ2) is 7.53. The van der Waals surface area contributed by atoms with Gasteiger partial charge in [-0.2, -0.15) is 0 Å². The fourth-order valence-corrected chi connectivity index (χ4v) is 1.18. The summed E-state index contributed by atoms with van der Waals surface area (Å²) in [7, 11) is 0. The van der Waals surface area contributed by atoms with E-state index < -0.39 is 0 Å². The zero-order chi connectivity index (χ0) is 9.40. The molecule has 0 aromatic carbocycles. The average molecular weight is 175 g/mol. The average Bonchev–Trinajstić information content (AvgIpc) is 2.02. The van der Waals surface area contributed by atoms with Crippen LogP contribution in [0, 0.1) is 5.92 Å². The highest BCUT2D eigenvalue weighted by molar-refractivity contribution is 4.66. The van der Waals surface area contributed by atoms with Gasteiger partial charge in [-0.05, 0) is 25.3 Å². The highest BCUT2D eigenvalue weighted by Gasteiger charge is 2.07. The molecule has 1 unspecified atom stereocenters. The number of aliphatic hydroxyl groups is 2. The van der Waals surface area contributed by atoms with Gasteiger partial charge in [-0.3, -0.25) is 0 Å². The molecule has 3 N–H and O–H groups in total. The molecule has 0 bridgehead atoms. The molecule has 0 aliphatic heterocycles. The highest BCUT2D eigenvalue weighted by atomic mass is 16.3. The SMILES string of the molecule is CC(C)CC(CO)NCCCO. The topological polar surface area (TPSA) is 52.5 Å². The number of nitrogens with one attached hydrogen (secondary N) is 1. The van der Waals surface area contributed by atoms with E-state index in [4.69, 9.17) is 10.2 Å². The van der Waals surface area contributed by atoms with Crippen LogP contribution in [0.4, 0.5) is 0 Å². The molecule has 0 aliphatic carbocycles. The molecule has 0 amide bonds. The number of aliphatic hydroxyl groups excluding tert-OH is 2. The van der Waals surface area contributed by atoms with Crippen molar-refractivity contribution in [3.8, 4) is 0 Å². The monoisotopic (exact) mass is 175 g/mol. The highest BCUT2D eigenvalue weighted by Crippen LogP contribution is 2.03. The Morgan fingerprint density at radius 3 is 2.33 bits per heavy atom. The zero-order valence-electron chi connectivity index (χ0n) is 8.08. The third kappa shape index (κ3) is 6.58. The Labute approximate surface area is 74.8 Å². The smallest absolute Gasteiger partial charge is 0.0584 e. The number of hydrogen-bond acceptors (Lipinski definition) is 3. The summed E-state index contributed by atoms with van der Waals surface area (Å²) >= 11 is 0. The van der Waals surface area contributed by atoms with E-state index in [9.17, 15) is 0 Å². The quantitative estimate of drug-likeness (QED) is 0.490. The van der Waals surface area contributed by atoms with Gasteiger partial charge >= 0.3 is 0 Å². The summed E-state index contributed by atoms with van der Waals surface area (Å²) in [4.78, 5) is 0. The summed E-state index contributed by atoms with van der Waals surface area (Å²) in [5.41, 5.74) is 0. The van der Waals surface area contributed by atoms with Gasteiger partial charge in [0.25, 0.3) is 0 Å². The van der Waals surface area contributed by atoms with Crippen LogP contribution in [0.1, 0.15) is 26.7 Å². The first-order chi connectivity index (χ1) is 5.70. The maximum Gasteiger partial charge on any atom is 0.0584 e. The van der Waals surface area contributed by atoms with Crippen molar-refractivity contribution in [2.75, 3.05) is 19.8 Å². The van der Waals surface area contributed by atoms with Crippen LogP contribution < -0.4 is 5.32 Å². The summed E-state index contributed by atoms with van der Waals surface area (Å²) in [5.74, 6) is 0.601. The number of hydrogen-bond donors (Lipinski definition) is 3. The van der Waals surface area contributed by atoms with Gasteiger partial charge in [0.05, 0.1) is 6.61 Å². The lowest BCUT2D eigenvalue weighted by molar-refractivity contribution is 0.218. The molecular weight excluding hydrogens is 154 g/mol. The molecule has 3 nitrogen and oxygen atoms in total. The summed E-state index contributed by atoms with van der Waals surface area (Å²) in [6, 6.07) is 0.191. The van der Waals surface area contributed by atoms with Crippen LogP contribution in [0.2, 0.25) is 0 Å². The van der Waals surface area contributed by atoms with Crippen molar-refractivity contribution in [1.29, 1.82) is 0 Å². The predicted molar refractivity (Wildman–Crippen MR) is 50.0 cm³/mol. The summed E-state index contributed by atoms with van der Waals surface area (Å²) in [5, 5.41) is 20.7. The van der Waals surface area contributed by atoms with Crippen LogP contribution in [-0.4, -0.2) is 36.0 Å². The summed E-state index contributed by atoms with van der Waals surface area (Å²) < 4.78 is 0. The molecule has 0 aromatic heterocycles. The molecule has 0 saturated heterocycles. The molecular formula is C9H21NO2. The lowest BCUT2D eigenvalue weighted by atomic mass is 10.0. The summed E-state index contributed by atoms with van der Waals surface area (Å²) in [6.07, 6.45) is 1.75. The molecule has 0 saturated carbocycles. The Hall–Kier alpha value is -0.120. The van der Waals surface area contributed by atoms with Crippen molar-refractivity contribution in [3.05, 3.63) is 0 Å². The van der Waals surface area contributed by atoms with E-state index in [-0.39, 0.29) is 19.3 Å². The molecule has 1 atom stereocenters. The van der Waals surface area contributed by atoms with Gasteiger partial charge in [-0.25, -0.2) is 0 Å². The van der Waals surface area contributed by atoms with Crippen LogP contribution in [-0.2, 0) is 0 Å². The molecule has 12 heavy (non-hydrogen) atoms. The fraction of sp³-hybridized carbons (Fsp3) is 1.00. The third-order valence-corrected chi connectivity index (χ3v) is 1.74. The molecule has 0 spiro atoms. The maximum atomic E-state index is 8.95. The first-order valence-electron chi connectivity index (χ1n) is 4.65. The van der Waals surface area contributed by atoms with E-state index in [2.05, 4.69) is 19.2 Å². The van der Waals surface area contributed by atoms with Crippen molar-refractivity contribution in [1.82, 2.24) is 5.32 Å². The number of rotatable bonds is 7. The van der Waals surface area contributed by atoms with E-state index >= 15 is 0 Å². The van der Waals surface area contributed by atoms with Crippen LogP contribution in [0.3, 0.4) is 0 Å². The summed E-state index contributed by atoms with van der Waals surface area (Å²) in [6.45, 7) is 5.46. The van der Waals surface area contributed by atoms with Crippen LogP contribution >= 0.6 is 0 Å². The van der Waals surface area contributed by atoms with Crippen LogP contribution in [0.25, 0.3) is 0 Å². The van der Waals surface area contributed by atoms with Gasteiger partial charge in [0, 0.05) is 12.6 Å². The molecule has 0 fully saturated rings. The van der Waals surface area contributed by atoms with E-state index in [1.54, 1.807) is 0 Å². The molecule has 0 aliphatic rings. The minimum absolute atomic E-state index is 0.184.